The Kier molecular flexibility index (Phi) is 6.66. The maximum Gasteiger partial charge on any atom is 0.319 e. The summed E-state index contributed by atoms with van der Waals surface area (Å²) in [4.78, 5) is 27.8. The second-order valence-electron chi connectivity index (χ2n) is 6.70. The Labute approximate surface area is 180 Å². The quantitative estimate of drug-likeness (QED) is 0.522. The summed E-state index contributed by atoms with van der Waals surface area (Å²) in [5.74, 6) is -0.675. The Morgan fingerprint density at radius 2 is 1.77 bits per heavy atom. The number of carbonyl (C=O) groups is 2. The van der Waals surface area contributed by atoms with Crippen molar-refractivity contribution < 1.29 is 18.0 Å². The molecule has 0 fully saturated rings. The minimum atomic E-state index is -3.87. The number of benzene rings is 2. The maximum atomic E-state index is 13.1. The van der Waals surface area contributed by atoms with E-state index in [1.807, 2.05) is 6.07 Å². The van der Waals surface area contributed by atoms with Crippen LogP contribution in [0.5, 0.6) is 0 Å². The highest BCUT2D eigenvalue weighted by molar-refractivity contribution is 7.91. The zero-order valence-electron chi connectivity index (χ0n) is 16.8. The average Bonchev–Trinajstić information content (AvgIpc) is 2.78. The fourth-order valence-corrected chi connectivity index (χ4v) is 4.70. The number of rotatable bonds is 7. The third kappa shape index (κ3) is 5.07. The highest BCUT2D eigenvalue weighted by Crippen LogP contribution is 2.27. The van der Waals surface area contributed by atoms with Crippen molar-refractivity contribution >= 4 is 27.5 Å². The van der Waals surface area contributed by atoms with Gasteiger partial charge in [0.1, 0.15) is 0 Å². The molecule has 0 unspecified atom stereocenters. The van der Waals surface area contributed by atoms with E-state index >= 15 is 0 Å². The summed E-state index contributed by atoms with van der Waals surface area (Å²) in [6.07, 6.45) is 3.63. The molecule has 0 saturated carbocycles. The Bertz CT molecular complexity index is 1190. The normalized spacial score (nSPS) is 11.0. The molecular weight excluding hydrogens is 416 g/mol. The smallest absolute Gasteiger partial charge is 0.319 e. The summed E-state index contributed by atoms with van der Waals surface area (Å²) in [5.41, 5.74) is 7.24. The van der Waals surface area contributed by atoms with Crippen LogP contribution < -0.4 is 16.4 Å². The van der Waals surface area contributed by atoms with E-state index in [1.165, 1.54) is 42.5 Å². The predicted octanol–water partition coefficient (Wildman–Crippen LogP) is 2.90. The lowest BCUT2D eigenvalue weighted by Gasteiger charge is -2.13. The molecule has 0 radical (unpaired) electrons. The summed E-state index contributed by atoms with van der Waals surface area (Å²) in [6.45, 7) is 2.07. The van der Waals surface area contributed by atoms with Crippen molar-refractivity contribution in [1.82, 2.24) is 10.3 Å². The van der Waals surface area contributed by atoms with Crippen LogP contribution in [0.1, 0.15) is 28.4 Å². The number of nitrogens with two attached hydrogens (primary N) is 1. The van der Waals surface area contributed by atoms with E-state index in [-0.39, 0.29) is 15.4 Å². The van der Waals surface area contributed by atoms with Gasteiger partial charge in [0.25, 0.3) is 0 Å². The van der Waals surface area contributed by atoms with Gasteiger partial charge < -0.3 is 16.4 Å². The summed E-state index contributed by atoms with van der Waals surface area (Å²) in [6, 6.07) is 13.5. The number of carbonyl (C=O) groups excluding carboxylic acids is 2. The number of hydrogen-bond acceptors (Lipinski definition) is 5. The van der Waals surface area contributed by atoms with E-state index < -0.39 is 21.8 Å². The summed E-state index contributed by atoms with van der Waals surface area (Å²) >= 11 is 0. The van der Waals surface area contributed by atoms with Gasteiger partial charge in [-0.3, -0.25) is 9.78 Å². The number of aromatic nitrogens is 1. The van der Waals surface area contributed by atoms with Crippen molar-refractivity contribution in [3.63, 3.8) is 0 Å². The van der Waals surface area contributed by atoms with Crippen molar-refractivity contribution in [2.45, 2.75) is 29.7 Å². The first-order chi connectivity index (χ1) is 14.8. The molecule has 31 heavy (non-hydrogen) atoms. The minimum absolute atomic E-state index is 0.0428. The monoisotopic (exact) mass is 438 g/mol. The molecule has 0 saturated heterocycles. The van der Waals surface area contributed by atoms with Crippen LogP contribution in [-0.2, 0) is 22.8 Å². The number of urea groups is 1. The van der Waals surface area contributed by atoms with Gasteiger partial charge in [-0.25, -0.2) is 13.2 Å². The molecule has 1 aromatic heterocycles. The van der Waals surface area contributed by atoms with Gasteiger partial charge >= 0.3 is 6.03 Å². The molecule has 0 atom stereocenters. The second kappa shape index (κ2) is 9.40. The molecule has 160 valence electrons. The van der Waals surface area contributed by atoms with Gasteiger partial charge in [0.15, 0.2) is 0 Å². The molecule has 1 heterocycles. The van der Waals surface area contributed by atoms with Gasteiger partial charge in [0.05, 0.1) is 9.79 Å². The zero-order chi connectivity index (χ0) is 22.4. The molecule has 2 aromatic carbocycles. The predicted molar refractivity (Wildman–Crippen MR) is 116 cm³/mol. The van der Waals surface area contributed by atoms with Gasteiger partial charge in [0.2, 0.25) is 15.7 Å². The number of amides is 3. The number of anilines is 1. The van der Waals surface area contributed by atoms with Crippen LogP contribution in [0, 0.1) is 0 Å². The largest absolute Gasteiger partial charge is 0.366 e. The van der Waals surface area contributed by atoms with Crippen LogP contribution in [0.4, 0.5) is 10.5 Å². The first kappa shape index (κ1) is 22.0. The molecule has 3 aromatic rings. The molecule has 0 bridgehead atoms. The lowest BCUT2D eigenvalue weighted by molar-refractivity contribution is 0.0999. The van der Waals surface area contributed by atoms with Gasteiger partial charge in [0, 0.05) is 30.2 Å². The number of nitrogens with one attached hydrogen (secondary N) is 2. The van der Waals surface area contributed by atoms with Crippen LogP contribution >= 0.6 is 0 Å². The van der Waals surface area contributed by atoms with Gasteiger partial charge in [-0.05, 0) is 60.0 Å². The third-order valence-corrected chi connectivity index (χ3v) is 6.49. The molecule has 0 aliphatic carbocycles. The van der Waals surface area contributed by atoms with Crippen LogP contribution in [0.3, 0.4) is 0 Å². The Morgan fingerprint density at radius 1 is 1.03 bits per heavy atom. The highest BCUT2D eigenvalue weighted by Gasteiger charge is 2.23. The first-order valence-electron chi connectivity index (χ1n) is 9.53. The molecule has 0 spiro atoms. The molecule has 3 amide bonds. The molecule has 9 heteroatoms. The van der Waals surface area contributed by atoms with Crippen LogP contribution in [-0.4, -0.2) is 25.3 Å². The van der Waals surface area contributed by atoms with E-state index in [0.717, 1.165) is 5.56 Å². The number of pyridine rings is 1. The lowest BCUT2D eigenvalue weighted by atomic mass is 10.1. The Balaban J connectivity index is 1.76. The fraction of sp³-hybridized carbons (Fsp3) is 0.136. The number of nitrogens with zero attached hydrogens (tertiary/aromatic N) is 1. The van der Waals surface area contributed by atoms with E-state index in [2.05, 4.69) is 15.6 Å². The molecule has 0 aliphatic rings. The van der Waals surface area contributed by atoms with E-state index in [1.54, 1.807) is 25.4 Å². The molecule has 3 rings (SSSR count). The Morgan fingerprint density at radius 3 is 2.39 bits per heavy atom. The summed E-state index contributed by atoms with van der Waals surface area (Å²) < 4.78 is 26.2. The van der Waals surface area contributed by atoms with Crippen molar-refractivity contribution in [1.29, 1.82) is 0 Å². The van der Waals surface area contributed by atoms with Crippen molar-refractivity contribution in [2.75, 3.05) is 5.32 Å². The number of primary amides is 1. The average molecular weight is 439 g/mol. The summed E-state index contributed by atoms with van der Waals surface area (Å²) in [7, 11) is -3.87. The number of sulfone groups is 1. The van der Waals surface area contributed by atoms with Crippen LogP contribution in [0.15, 0.2) is 76.8 Å². The molecule has 4 N–H and O–H groups in total. The third-order valence-electron chi connectivity index (χ3n) is 4.64. The van der Waals surface area contributed by atoms with Crippen LogP contribution in [0.25, 0.3) is 0 Å². The SMILES string of the molecule is CCc1c(C(N)=O)cccc1S(=O)(=O)c1ccc(NC(=O)NCc2cccnc2)cc1. The molecule has 8 nitrogen and oxygen atoms in total. The molecular formula is C22H22N4O4S. The fourth-order valence-electron chi connectivity index (χ4n) is 3.12. The van der Waals surface area contributed by atoms with Crippen molar-refractivity contribution in [2.24, 2.45) is 5.73 Å². The van der Waals surface area contributed by atoms with Gasteiger partial charge in [-0.15, -0.1) is 0 Å². The van der Waals surface area contributed by atoms with Gasteiger partial charge in [-0.2, -0.15) is 0 Å². The first-order valence-corrected chi connectivity index (χ1v) is 11.0. The van der Waals surface area contributed by atoms with E-state index in [9.17, 15) is 18.0 Å². The molecule has 0 aliphatic heterocycles. The van der Waals surface area contributed by atoms with E-state index in [0.29, 0.717) is 24.2 Å². The lowest BCUT2D eigenvalue weighted by Crippen LogP contribution is -2.28. The standard InChI is InChI=1S/C22H22N4O4S/c1-2-18-19(21(23)27)6-3-7-20(18)31(29,30)17-10-8-16(9-11-17)26-22(28)25-14-15-5-4-12-24-13-15/h3-13H,2,14H2,1H3,(H2,23,27)(H2,25,26,28). The minimum Gasteiger partial charge on any atom is -0.366 e. The highest BCUT2D eigenvalue weighted by atomic mass is 32.2. The Hall–Kier alpha value is -3.72. The van der Waals surface area contributed by atoms with E-state index in [4.69, 9.17) is 5.73 Å². The van der Waals surface area contributed by atoms with Gasteiger partial charge in [-0.1, -0.05) is 19.1 Å². The second-order valence-corrected chi connectivity index (χ2v) is 8.61. The maximum absolute atomic E-state index is 13.1. The zero-order valence-corrected chi connectivity index (χ0v) is 17.6. The van der Waals surface area contributed by atoms with Crippen molar-refractivity contribution in [3.05, 3.63) is 83.7 Å². The van der Waals surface area contributed by atoms with Crippen molar-refractivity contribution in [3.8, 4) is 0 Å². The summed E-state index contributed by atoms with van der Waals surface area (Å²) in [5, 5.41) is 5.35. The topological polar surface area (TPSA) is 131 Å². The number of hydrogen-bond donors (Lipinski definition) is 3. The van der Waals surface area contributed by atoms with Crippen LogP contribution in [0.2, 0.25) is 0 Å².